The highest BCUT2D eigenvalue weighted by molar-refractivity contribution is 5.94. The van der Waals surface area contributed by atoms with Crippen molar-refractivity contribution in [2.45, 2.75) is 38.0 Å². The van der Waals surface area contributed by atoms with Gasteiger partial charge in [-0.15, -0.1) is 0 Å². The van der Waals surface area contributed by atoms with Gasteiger partial charge in [0.25, 0.3) is 0 Å². The van der Waals surface area contributed by atoms with Gasteiger partial charge < -0.3 is 10.2 Å². The molecule has 1 aliphatic carbocycles. The van der Waals surface area contributed by atoms with Crippen LogP contribution in [0.5, 0.6) is 5.75 Å². The predicted molar refractivity (Wildman–Crippen MR) is 86.3 cm³/mol. The molecule has 1 fully saturated rings. The fraction of sp³-hybridized carbons (Fsp3) is 0.316. The minimum Gasteiger partial charge on any atom is -0.506 e. The molecule has 0 bridgehead atoms. The summed E-state index contributed by atoms with van der Waals surface area (Å²) in [5.74, 6) is -0.819. The largest absolute Gasteiger partial charge is 0.506 e. The number of hydrogen-bond acceptors (Lipinski definition) is 2. The summed E-state index contributed by atoms with van der Waals surface area (Å²) >= 11 is 0. The molecule has 0 atom stereocenters. The van der Waals surface area contributed by atoms with E-state index in [9.17, 15) is 15.0 Å². The van der Waals surface area contributed by atoms with Crippen molar-refractivity contribution >= 4 is 5.97 Å². The molecule has 114 valence electrons. The number of carbonyl (C=O) groups is 1. The zero-order chi connectivity index (χ0) is 15.5. The van der Waals surface area contributed by atoms with Gasteiger partial charge in [-0.1, -0.05) is 49.6 Å². The maximum absolute atomic E-state index is 11.5. The van der Waals surface area contributed by atoms with E-state index < -0.39 is 5.97 Å². The Morgan fingerprint density at radius 1 is 1.00 bits per heavy atom. The monoisotopic (exact) mass is 296 g/mol. The van der Waals surface area contributed by atoms with Crippen molar-refractivity contribution in [3.63, 3.8) is 0 Å². The number of phenols is 1. The lowest BCUT2D eigenvalue weighted by molar-refractivity contribution is 0.0693. The Kier molecular flexibility index (Phi) is 4.14. The number of hydrogen-bond donors (Lipinski definition) is 2. The molecule has 0 spiro atoms. The van der Waals surface area contributed by atoms with E-state index in [2.05, 4.69) is 0 Å². The third-order valence-corrected chi connectivity index (χ3v) is 4.52. The third-order valence-electron chi connectivity index (χ3n) is 4.52. The minimum absolute atomic E-state index is 0.00178. The smallest absolute Gasteiger partial charge is 0.339 e. The summed E-state index contributed by atoms with van der Waals surface area (Å²) in [6, 6.07) is 13.1. The second kappa shape index (κ2) is 6.22. The first-order chi connectivity index (χ1) is 10.7. The summed E-state index contributed by atoms with van der Waals surface area (Å²) in [6.45, 7) is 0. The highest BCUT2D eigenvalue weighted by atomic mass is 16.4. The van der Waals surface area contributed by atoms with Crippen LogP contribution < -0.4 is 0 Å². The second-order valence-corrected chi connectivity index (χ2v) is 5.97. The Bertz CT molecular complexity index is 671. The molecule has 3 rings (SSSR count). The molecule has 0 aromatic heterocycles. The van der Waals surface area contributed by atoms with Crippen LogP contribution in [0.1, 0.15) is 53.9 Å². The van der Waals surface area contributed by atoms with Gasteiger partial charge in [-0.2, -0.15) is 0 Å². The molecule has 0 unspecified atom stereocenters. The van der Waals surface area contributed by atoms with Crippen LogP contribution in [-0.4, -0.2) is 16.2 Å². The van der Waals surface area contributed by atoms with Gasteiger partial charge in [0.05, 0.1) is 0 Å². The third kappa shape index (κ3) is 2.84. The molecule has 0 amide bonds. The standard InChI is InChI=1S/C19H20O3/c20-18-16(14-9-5-2-6-10-14)11-15(12-17(18)19(21)22)13-7-3-1-4-8-13/h2,5-6,9-13,20H,1,3-4,7-8H2,(H,21,22). The predicted octanol–water partition coefficient (Wildman–Crippen LogP) is 4.81. The van der Waals surface area contributed by atoms with Gasteiger partial charge in [-0.05, 0) is 42.0 Å². The van der Waals surface area contributed by atoms with Gasteiger partial charge in [-0.25, -0.2) is 4.79 Å². The molecule has 2 aromatic rings. The van der Waals surface area contributed by atoms with E-state index >= 15 is 0 Å². The SMILES string of the molecule is O=C(O)c1cc(C2CCCCC2)cc(-c2ccccc2)c1O. The molecule has 0 heterocycles. The Balaban J connectivity index is 2.12. The van der Waals surface area contributed by atoms with E-state index in [0.717, 1.165) is 24.0 Å². The van der Waals surface area contributed by atoms with Crippen LogP contribution in [0, 0.1) is 0 Å². The number of aromatic hydroxyl groups is 1. The van der Waals surface area contributed by atoms with Gasteiger partial charge >= 0.3 is 5.97 Å². The lowest BCUT2D eigenvalue weighted by Gasteiger charge is -2.23. The second-order valence-electron chi connectivity index (χ2n) is 5.97. The molecule has 2 aromatic carbocycles. The molecule has 22 heavy (non-hydrogen) atoms. The molecular weight excluding hydrogens is 276 g/mol. The first-order valence-corrected chi connectivity index (χ1v) is 7.82. The lowest BCUT2D eigenvalue weighted by atomic mass is 9.82. The number of rotatable bonds is 3. The molecular formula is C19H20O3. The highest BCUT2D eigenvalue weighted by Gasteiger charge is 2.22. The average Bonchev–Trinajstić information content (AvgIpc) is 2.56. The molecule has 1 aliphatic rings. The summed E-state index contributed by atoms with van der Waals surface area (Å²) in [5.41, 5.74) is 2.50. The van der Waals surface area contributed by atoms with E-state index in [1.807, 2.05) is 36.4 Å². The normalized spacial score (nSPS) is 15.6. The first kappa shape index (κ1) is 14.6. The molecule has 0 saturated heterocycles. The summed E-state index contributed by atoms with van der Waals surface area (Å²) < 4.78 is 0. The van der Waals surface area contributed by atoms with E-state index in [1.165, 1.54) is 19.3 Å². The summed E-state index contributed by atoms with van der Waals surface area (Å²) in [5, 5.41) is 19.8. The Morgan fingerprint density at radius 3 is 2.32 bits per heavy atom. The quantitative estimate of drug-likeness (QED) is 0.855. The van der Waals surface area contributed by atoms with Crippen LogP contribution >= 0.6 is 0 Å². The van der Waals surface area contributed by atoms with Crippen LogP contribution in [-0.2, 0) is 0 Å². The number of aromatic carboxylic acids is 1. The van der Waals surface area contributed by atoms with Gasteiger partial charge in [0.1, 0.15) is 11.3 Å². The Hall–Kier alpha value is -2.29. The van der Waals surface area contributed by atoms with E-state index in [4.69, 9.17) is 0 Å². The van der Waals surface area contributed by atoms with Gasteiger partial charge in [0.2, 0.25) is 0 Å². The number of carboxylic acid groups (broad SMARTS) is 1. The van der Waals surface area contributed by atoms with Crippen molar-refractivity contribution in [2.24, 2.45) is 0 Å². The molecule has 2 N–H and O–H groups in total. The zero-order valence-electron chi connectivity index (χ0n) is 12.5. The van der Waals surface area contributed by atoms with E-state index in [-0.39, 0.29) is 11.3 Å². The highest BCUT2D eigenvalue weighted by Crippen LogP contribution is 2.39. The van der Waals surface area contributed by atoms with Crippen molar-refractivity contribution in [1.82, 2.24) is 0 Å². The molecule has 1 saturated carbocycles. The lowest BCUT2D eigenvalue weighted by Crippen LogP contribution is -2.07. The van der Waals surface area contributed by atoms with Crippen molar-refractivity contribution < 1.29 is 15.0 Å². The van der Waals surface area contributed by atoms with Crippen molar-refractivity contribution in [3.05, 3.63) is 53.6 Å². The summed E-state index contributed by atoms with van der Waals surface area (Å²) in [7, 11) is 0. The van der Waals surface area contributed by atoms with Crippen molar-refractivity contribution in [1.29, 1.82) is 0 Å². The first-order valence-electron chi connectivity index (χ1n) is 7.82. The molecule has 0 radical (unpaired) electrons. The van der Waals surface area contributed by atoms with Crippen LogP contribution in [0.4, 0.5) is 0 Å². The van der Waals surface area contributed by atoms with Gasteiger partial charge in [0.15, 0.2) is 0 Å². The van der Waals surface area contributed by atoms with E-state index in [1.54, 1.807) is 6.07 Å². The number of benzene rings is 2. The Labute approximate surface area is 130 Å². The molecule has 3 nitrogen and oxygen atoms in total. The molecule has 3 heteroatoms. The van der Waals surface area contributed by atoms with Gasteiger partial charge in [-0.3, -0.25) is 0 Å². The maximum atomic E-state index is 11.5. The fourth-order valence-electron chi connectivity index (χ4n) is 3.33. The average molecular weight is 296 g/mol. The minimum atomic E-state index is -1.08. The van der Waals surface area contributed by atoms with Crippen LogP contribution in [0.3, 0.4) is 0 Å². The summed E-state index contributed by atoms with van der Waals surface area (Å²) in [4.78, 5) is 11.5. The van der Waals surface area contributed by atoms with Crippen LogP contribution in [0.25, 0.3) is 11.1 Å². The molecule has 0 aliphatic heterocycles. The number of carboxylic acids is 1. The topological polar surface area (TPSA) is 57.5 Å². The Morgan fingerprint density at radius 2 is 1.68 bits per heavy atom. The fourth-order valence-corrected chi connectivity index (χ4v) is 3.33. The van der Waals surface area contributed by atoms with Gasteiger partial charge in [0, 0.05) is 5.56 Å². The van der Waals surface area contributed by atoms with E-state index in [0.29, 0.717) is 11.5 Å². The summed E-state index contributed by atoms with van der Waals surface area (Å²) in [6.07, 6.45) is 5.82. The maximum Gasteiger partial charge on any atom is 0.339 e. The van der Waals surface area contributed by atoms with Crippen molar-refractivity contribution in [2.75, 3.05) is 0 Å². The zero-order valence-corrected chi connectivity index (χ0v) is 12.5. The van der Waals surface area contributed by atoms with Crippen LogP contribution in [0.15, 0.2) is 42.5 Å². The van der Waals surface area contributed by atoms with Crippen LogP contribution in [0.2, 0.25) is 0 Å². The van der Waals surface area contributed by atoms with Crippen molar-refractivity contribution in [3.8, 4) is 16.9 Å².